The predicted octanol–water partition coefficient (Wildman–Crippen LogP) is 3.91. The molecule has 0 aliphatic carbocycles. The van der Waals surface area contributed by atoms with Crippen LogP contribution in [0.4, 0.5) is 0 Å². The van der Waals surface area contributed by atoms with Crippen LogP contribution in [0.25, 0.3) is 0 Å². The Balaban J connectivity index is 2.10. The van der Waals surface area contributed by atoms with E-state index >= 15 is 0 Å². The van der Waals surface area contributed by atoms with E-state index in [-0.39, 0.29) is 18.8 Å². The molecule has 0 spiro atoms. The number of carbonyl (C=O) groups is 2. The summed E-state index contributed by atoms with van der Waals surface area (Å²) in [6.07, 6.45) is -0.0189. The van der Waals surface area contributed by atoms with E-state index in [4.69, 9.17) is 18.9 Å². The highest BCUT2D eigenvalue weighted by atomic mass is 16.5. The van der Waals surface area contributed by atoms with Gasteiger partial charge in [-0.3, -0.25) is 9.59 Å². The van der Waals surface area contributed by atoms with Gasteiger partial charge in [-0.2, -0.15) is 0 Å². The molecule has 0 aliphatic rings. The highest BCUT2D eigenvalue weighted by Crippen LogP contribution is 2.38. The molecule has 0 amide bonds. The molecule has 6 nitrogen and oxygen atoms in total. The summed E-state index contributed by atoms with van der Waals surface area (Å²) in [5.74, 6) is 0.625. The van der Waals surface area contributed by atoms with Crippen LogP contribution in [0.3, 0.4) is 0 Å². The van der Waals surface area contributed by atoms with Crippen molar-refractivity contribution >= 4 is 11.8 Å². The summed E-state index contributed by atoms with van der Waals surface area (Å²) >= 11 is 0. The largest absolute Gasteiger partial charge is 0.493 e. The van der Waals surface area contributed by atoms with Crippen molar-refractivity contribution in [2.75, 3.05) is 27.9 Å². The summed E-state index contributed by atoms with van der Waals surface area (Å²) in [5, 5.41) is 0. The molecule has 0 atom stereocenters. The molecule has 2 aromatic rings. The maximum atomic E-state index is 12.6. The van der Waals surface area contributed by atoms with Crippen LogP contribution < -0.4 is 14.2 Å². The number of ether oxygens (including phenoxy) is 4. The monoisotopic (exact) mass is 400 g/mol. The van der Waals surface area contributed by atoms with Crippen LogP contribution in [-0.4, -0.2) is 39.7 Å². The molecule has 0 heterocycles. The highest BCUT2D eigenvalue weighted by molar-refractivity contribution is 5.99. The molecule has 156 valence electrons. The first-order valence-corrected chi connectivity index (χ1v) is 9.28. The minimum atomic E-state index is -0.508. The van der Waals surface area contributed by atoms with Crippen LogP contribution >= 0.6 is 0 Å². The number of carbonyl (C=O) groups excluding carboxylic acids is 2. The second-order valence-electron chi connectivity index (χ2n) is 6.91. The van der Waals surface area contributed by atoms with E-state index in [2.05, 4.69) is 0 Å². The van der Waals surface area contributed by atoms with Gasteiger partial charge in [-0.25, -0.2) is 0 Å². The summed E-state index contributed by atoms with van der Waals surface area (Å²) in [4.78, 5) is 24.9. The SMILES string of the molecule is COc1cc(CC(=O)OCC(=O)c2cc(C)c(C)c(C)c2C)cc(OC)c1OC. The smallest absolute Gasteiger partial charge is 0.310 e. The van der Waals surface area contributed by atoms with E-state index in [1.165, 1.54) is 26.9 Å². The zero-order valence-electron chi connectivity index (χ0n) is 18.1. The highest BCUT2D eigenvalue weighted by Gasteiger charge is 2.18. The van der Waals surface area contributed by atoms with Crippen molar-refractivity contribution in [3.63, 3.8) is 0 Å². The fraction of sp³-hybridized carbons (Fsp3) is 0.391. The number of hydrogen-bond donors (Lipinski definition) is 0. The zero-order chi connectivity index (χ0) is 21.7. The van der Waals surface area contributed by atoms with Crippen molar-refractivity contribution in [3.8, 4) is 17.2 Å². The molecule has 0 radical (unpaired) electrons. The Hall–Kier alpha value is -3.02. The third-order valence-corrected chi connectivity index (χ3v) is 5.22. The van der Waals surface area contributed by atoms with Gasteiger partial charge in [-0.05, 0) is 73.7 Å². The molecule has 2 aromatic carbocycles. The Morgan fingerprint density at radius 2 is 1.38 bits per heavy atom. The van der Waals surface area contributed by atoms with Crippen LogP contribution in [0.15, 0.2) is 18.2 Å². The molecular weight excluding hydrogens is 372 g/mol. The number of hydrogen-bond acceptors (Lipinski definition) is 6. The normalized spacial score (nSPS) is 10.4. The third kappa shape index (κ3) is 4.88. The van der Waals surface area contributed by atoms with Crippen molar-refractivity contribution in [1.29, 1.82) is 0 Å². The van der Waals surface area contributed by atoms with Crippen LogP contribution in [0.2, 0.25) is 0 Å². The summed E-state index contributed by atoms with van der Waals surface area (Å²) < 4.78 is 21.1. The van der Waals surface area contributed by atoms with Crippen molar-refractivity contribution in [3.05, 3.63) is 51.6 Å². The average molecular weight is 400 g/mol. The standard InChI is InChI=1S/C23H28O6/c1-13-8-18(16(4)15(3)14(13)2)19(24)12-29-22(25)11-17-9-20(26-5)23(28-7)21(10-17)27-6/h8-10H,11-12H2,1-7H3. The lowest BCUT2D eigenvalue weighted by Crippen LogP contribution is -2.17. The first kappa shape index (κ1) is 22.3. The van der Waals surface area contributed by atoms with E-state index in [1.54, 1.807) is 12.1 Å². The minimum Gasteiger partial charge on any atom is -0.493 e. The first-order chi connectivity index (χ1) is 13.7. The lowest BCUT2D eigenvalue weighted by Gasteiger charge is -2.14. The van der Waals surface area contributed by atoms with Crippen molar-refractivity contribution in [2.45, 2.75) is 34.1 Å². The molecule has 0 unspecified atom stereocenters. The number of rotatable bonds is 8. The fourth-order valence-corrected chi connectivity index (χ4v) is 3.18. The summed E-state index contributed by atoms with van der Waals surface area (Å²) in [6.45, 7) is 7.60. The van der Waals surface area contributed by atoms with Crippen LogP contribution in [0.1, 0.15) is 38.2 Å². The van der Waals surface area contributed by atoms with Crippen molar-refractivity contribution < 1.29 is 28.5 Å². The van der Waals surface area contributed by atoms with Gasteiger partial charge in [0.15, 0.2) is 18.1 Å². The first-order valence-electron chi connectivity index (χ1n) is 9.28. The Kier molecular flexibility index (Phi) is 7.26. The van der Waals surface area contributed by atoms with Crippen LogP contribution in [0, 0.1) is 27.7 Å². The molecule has 0 N–H and O–H groups in total. The van der Waals surface area contributed by atoms with Crippen molar-refractivity contribution in [1.82, 2.24) is 0 Å². The van der Waals surface area contributed by atoms with Gasteiger partial charge in [0.25, 0.3) is 0 Å². The van der Waals surface area contributed by atoms with Gasteiger partial charge in [0.05, 0.1) is 27.8 Å². The Labute approximate surface area is 171 Å². The number of Topliss-reactive ketones (excluding diaryl/α,β-unsaturated/α-hetero) is 1. The lowest BCUT2D eigenvalue weighted by molar-refractivity contribution is -0.141. The number of benzene rings is 2. The fourth-order valence-electron chi connectivity index (χ4n) is 3.18. The second kappa shape index (κ2) is 9.45. The van der Waals surface area contributed by atoms with Gasteiger partial charge in [-0.1, -0.05) is 0 Å². The molecule has 0 bridgehead atoms. The molecule has 0 aromatic heterocycles. The summed E-state index contributed by atoms with van der Waals surface area (Å²) in [6, 6.07) is 5.22. The number of methoxy groups -OCH3 is 3. The zero-order valence-corrected chi connectivity index (χ0v) is 18.1. The number of aryl methyl sites for hydroxylation is 1. The molecule has 0 fully saturated rings. The third-order valence-electron chi connectivity index (χ3n) is 5.22. The molecule has 0 aliphatic heterocycles. The Morgan fingerprint density at radius 3 is 1.90 bits per heavy atom. The summed E-state index contributed by atoms with van der Waals surface area (Å²) in [7, 11) is 4.52. The van der Waals surface area contributed by atoms with Gasteiger partial charge < -0.3 is 18.9 Å². The Bertz CT molecular complexity index is 904. The molecule has 2 rings (SSSR count). The van der Waals surface area contributed by atoms with Gasteiger partial charge in [0, 0.05) is 5.56 Å². The quantitative estimate of drug-likeness (QED) is 0.494. The molecule has 0 saturated carbocycles. The second-order valence-corrected chi connectivity index (χ2v) is 6.91. The van der Waals surface area contributed by atoms with E-state index in [0.717, 1.165) is 16.7 Å². The molecule has 29 heavy (non-hydrogen) atoms. The topological polar surface area (TPSA) is 71.1 Å². The lowest BCUT2D eigenvalue weighted by atomic mass is 9.93. The maximum Gasteiger partial charge on any atom is 0.310 e. The molecular formula is C23H28O6. The summed E-state index contributed by atoms with van der Waals surface area (Å²) in [5.41, 5.74) is 5.43. The molecule has 0 saturated heterocycles. The van der Waals surface area contributed by atoms with E-state index in [1.807, 2.05) is 33.8 Å². The van der Waals surface area contributed by atoms with Gasteiger partial charge in [-0.15, -0.1) is 0 Å². The van der Waals surface area contributed by atoms with E-state index in [0.29, 0.717) is 28.4 Å². The predicted molar refractivity (Wildman–Crippen MR) is 110 cm³/mol. The van der Waals surface area contributed by atoms with E-state index in [9.17, 15) is 9.59 Å². The van der Waals surface area contributed by atoms with E-state index < -0.39 is 5.97 Å². The maximum absolute atomic E-state index is 12.6. The number of ketones is 1. The molecule has 6 heteroatoms. The van der Waals surface area contributed by atoms with Crippen LogP contribution in [-0.2, 0) is 16.0 Å². The van der Waals surface area contributed by atoms with Gasteiger partial charge in [0.2, 0.25) is 11.5 Å². The Morgan fingerprint density at radius 1 is 0.793 bits per heavy atom. The van der Waals surface area contributed by atoms with Gasteiger partial charge >= 0.3 is 5.97 Å². The average Bonchev–Trinajstić information content (AvgIpc) is 2.72. The van der Waals surface area contributed by atoms with Gasteiger partial charge in [0.1, 0.15) is 0 Å². The van der Waals surface area contributed by atoms with Crippen molar-refractivity contribution in [2.24, 2.45) is 0 Å². The number of esters is 1. The van der Waals surface area contributed by atoms with Crippen LogP contribution in [0.5, 0.6) is 17.2 Å². The minimum absolute atomic E-state index is 0.0189.